The van der Waals surface area contributed by atoms with E-state index in [1.54, 1.807) is 0 Å². The number of hydrogen-bond acceptors (Lipinski definition) is 4. The van der Waals surface area contributed by atoms with Gasteiger partial charge in [-0.25, -0.2) is 8.42 Å². The van der Waals surface area contributed by atoms with E-state index < -0.39 is 60.6 Å². The van der Waals surface area contributed by atoms with Gasteiger partial charge < -0.3 is 5.32 Å². The molecular weight excluding hydrogens is 474 g/mol. The molecule has 1 fully saturated rings. The number of sulfone groups is 1. The summed E-state index contributed by atoms with van der Waals surface area (Å²) in [4.78, 5) is 15.6. The van der Waals surface area contributed by atoms with Gasteiger partial charge in [-0.05, 0) is 62.9 Å². The molecule has 1 aliphatic carbocycles. The van der Waals surface area contributed by atoms with Crippen LogP contribution in [-0.4, -0.2) is 30.1 Å². The minimum absolute atomic E-state index is 0.0482. The largest absolute Gasteiger partial charge is 0.416 e. The van der Waals surface area contributed by atoms with Gasteiger partial charge in [-0.2, -0.15) is 26.3 Å². The maximum atomic E-state index is 13.1. The molecule has 1 heterocycles. The summed E-state index contributed by atoms with van der Waals surface area (Å²) >= 11 is 0. The number of amides is 1. The van der Waals surface area contributed by atoms with Gasteiger partial charge in [0.1, 0.15) is 5.69 Å². The predicted octanol–water partition coefficient (Wildman–Crippen LogP) is 5.02. The van der Waals surface area contributed by atoms with Crippen molar-refractivity contribution in [3.05, 3.63) is 59.4 Å². The van der Waals surface area contributed by atoms with E-state index in [1.807, 2.05) is 0 Å². The molecule has 0 spiro atoms. The number of alkyl halides is 6. The highest BCUT2D eigenvalue weighted by Crippen LogP contribution is 2.40. The molecule has 33 heavy (non-hydrogen) atoms. The molecule has 1 saturated carbocycles. The van der Waals surface area contributed by atoms with Crippen molar-refractivity contribution in [1.29, 1.82) is 0 Å². The molecule has 0 atom stereocenters. The van der Waals surface area contributed by atoms with Gasteiger partial charge in [0.2, 0.25) is 0 Å². The van der Waals surface area contributed by atoms with Crippen molar-refractivity contribution in [3.8, 4) is 0 Å². The van der Waals surface area contributed by atoms with Crippen LogP contribution in [0.4, 0.5) is 26.3 Å². The van der Waals surface area contributed by atoms with Crippen LogP contribution in [0.15, 0.2) is 47.5 Å². The molecule has 1 aliphatic rings. The summed E-state index contributed by atoms with van der Waals surface area (Å²) in [6.07, 6.45) is -8.00. The molecule has 180 valence electrons. The van der Waals surface area contributed by atoms with E-state index in [4.69, 9.17) is 0 Å². The Labute approximate surface area is 186 Å². The summed E-state index contributed by atoms with van der Waals surface area (Å²) in [7, 11) is -4.12. The summed E-state index contributed by atoms with van der Waals surface area (Å²) in [5.74, 6) is -0.824. The number of carbonyl (C=O) groups is 1. The molecule has 5 nitrogen and oxygen atoms in total. The number of aromatic nitrogens is 1. The van der Waals surface area contributed by atoms with E-state index >= 15 is 0 Å². The average Bonchev–Trinajstić information content (AvgIpc) is 2.74. The monoisotopic (exact) mass is 494 g/mol. The Bertz CT molecular complexity index is 1140. The van der Waals surface area contributed by atoms with Gasteiger partial charge in [0.15, 0.2) is 9.84 Å². The second-order valence-electron chi connectivity index (χ2n) is 8.15. The Hall–Kier alpha value is -2.63. The van der Waals surface area contributed by atoms with Gasteiger partial charge in [0, 0.05) is 12.2 Å². The topological polar surface area (TPSA) is 76.1 Å². The highest BCUT2D eigenvalue weighted by atomic mass is 32.2. The zero-order valence-electron chi connectivity index (χ0n) is 17.3. The Morgan fingerprint density at radius 2 is 1.58 bits per heavy atom. The van der Waals surface area contributed by atoms with Crippen molar-refractivity contribution >= 4 is 15.7 Å². The Balaban J connectivity index is 1.70. The molecule has 3 rings (SSSR count). The lowest BCUT2D eigenvalue weighted by Crippen LogP contribution is -2.46. The first-order chi connectivity index (χ1) is 15.1. The van der Waals surface area contributed by atoms with Crippen LogP contribution in [0, 0.1) is 0 Å². The summed E-state index contributed by atoms with van der Waals surface area (Å²) in [6, 6.07) is 4.39. The van der Waals surface area contributed by atoms with Crippen molar-refractivity contribution in [2.45, 2.75) is 60.6 Å². The van der Waals surface area contributed by atoms with Gasteiger partial charge in [-0.3, -0.25) is 9.78 Å². The number of carbonyl (C=O) groups excluding carboxylic acids is 1. The zero-order valence-corrected chi connectivity index (χ0v) is 18.1. The average molecular weight is 494 g/mol. The third-order valence-corrected chi connectivity index (χ3v) is 8.40. The van der Waals surface area contributed by atoms with Crippen LogP contribution in [0.3, 0.4) is 0 Å². The van der Waals surface area contributed by atoms with Crippen LogP contribution >= 0.6 is 0 Å². The zero-order chi connectivity index (χ0) is 24.7. The van der Waals surface area contributed by atoms with Crippen molar-refractivity contribution < 1.29 is 39.6 Å². The Morgan fingerprint density at radius 3 is 2.15 bits per heavy atom. The minimum Gasteiger partial charge on any atom is -0.348 e. The van der Waals surface area contributed by atoms with Crippen molar-refractivity contribution in [1.82, 2.24) is 10.3 Å². The van der Waals surface area contributed by atoms with E-state index in [2.05, 4.69) is 10.3 Å². The second kappa shape index (κ2) is 8.62. The lowest BCUT2D eigenvalue weighted by atomic mass is 9.86. The summed E-state index contributed by atoms with van der Waals surface area (Å²) in [6.45, 7) is 1.44. The number of pyridine rings is 1. The van der Waals surface area contributed by atoms with Gasteiger partial charge in [0.25, 0.3) is 5.91 Å². The van der Waals surface area contributed by atoms with Crippen LogP contribution in [-0.2, 0) is 22.2 Å². The van der Waals surface area contributed by atoms with Gasteiger partial charge in [-0.15, -0.1) is 0 Å². The number of benzene rings is 1. The van der Waals surface area contributed by atoms with E-state index in [1.165, 1.54) is 6.92 Å². The van der Waals surface area contributed by atoms with Crippen molar-refractivity contribution in [2.24, 2.45) is 0 Å². The first-order valence-electron chi connectivity index (χ1n) is 9.89. The molecule has 0 saturated heterocycles. The number of hydrogen-bond donors (Lipinski definition) is 1. The summed E-state index contributed by atoms with van der Waals surface area (Å²) in [5.41, 5.74) is -2.51. The Morgan fingerprint density at radius 1 is 1.00 bits per heavy atom. The maximum Gasteiger partial charge on any atom is 0.416 e. The van der Waals surface area contributed by atoms with E-state index in [0.29, 0.717) is 12.1 Å². The first kappa shape index (κ1) is 25.0. The van der Waals surface area contributed by atoms with Gasteiger partial charge in [-0.1, -0.05) is 6.07 Å². The minimum atomic E-state index is -4.69. The van der Waals surface area contributed by atoms with E-state index in [0.717, 1.165) is 30.5 Å². The van der Waals surface area contributed by atoms with Crippen LogP contribution in [0.5, 0.6) is 0 Å². The highest BCUT2D eigenvalue weighted by Gasteiger charge is 2.44. The van der Waals surface area contributed by atoms with E-state index in [9.17, 15) is 39.6 Å². The highest BCUT2D eigenvalue weighted by molar-refractivity contribution is 7.92. The molecule has 2 aromatic rings. The summed E-state index contributed by atoms with van der Waals surface area (Å²) in [5, 5.41) is 2.56. The third kappa shape index (κ3) is 5.31. The second-order valence-corrected chi connectivity index (χ2v) is 10.6. The third-order valence-electron chi connectivity index (χ3n) is 5.82. The van der Waals surface area contributed by atoms with Crippen molar-refractivity contribution in [2.75, 3.05) is 0 Å². The lowest BCUT2D eigenvalue weighted by Gasteiger charge is -2.37. The van der Waals surface area contributed by atoms with Crippen LogP contribution in [0.1, 0.15) is 54.2 Å². The normalized spacial score (nSPS) is 22.1. The fourth-order valence-electron chi connectivity index (χ4n) is 3.76. The number of rotatable bonds is 4. The molecule has 0 bridgehead atoms. The lowest BCUT2D eigenvalue weighted by molar-refractivity contribution is -0.138. The van der Waals surface area contributed by atoms with Gasteiger partial charge >= 0.3 is 12.4 Å². The maximum absolute atomic E-state index is 13.1. The predicted molar refractivity (Wildman–Crippen MR) is 106 cm³/mol. The molecule has 12 heteroatoms. The van der Waals surface area contributed by atoms with Crippen LogP contribution in [0.25, 0.3) is 0 Å². The van der Waals surface area contributed by atoms with E-state index in [-0.39, 0.29) is 25.7 Å². The fourth-order valence-corrected chi connectivity index (χ4v) is 5.64. The molecule has 1 N–H and O–H groups in total. The molecular formula is C21H20F6N2O3S. The SMILES string of the molecule is CC1(S(=O)(=O)c2cccc(C(F)(F)F)c2)CCC(NC(=O)c2cc(C(F)(F)F)ccn2)CC1. The fraction of sp³-hybridized carbons (Fsp3) is 0.429. The molecule has 0 aliphatic heterocycles. The van der Waals surface area contributed by atoms with Crippen LogP contribution < -0.4 is 5.32 Å². The van der Waals surface area contributed by atoms with Gasteiger partial charge in [0.05, 0.1) is 20.8 Å². The molecule has 1 amide bonds. The smallest absolute Gasteiger partial charge is 0.348 e. The van der Waals surface area contributed by atoms with Crippen LogP contribution in [0.2, 0.25) is 0 Å². The quantitative estimate of drug-likeness (QED) is 0.606. The number of nitrogens with zero attached hydrogens (tertiary/aromatic N) is 1. The first-order valence-corrected chi connectivity index (χ1v) is 11.4. The molecule has 0 radical (unpaired) electrons. The Kier molecular flexibility index (Phi) is 6.53. The van der Waals surface area contributed by atoms with Crippen molar-refractivity contribution in [3.63, 3.8) is 0 Å². The molecule has 0 unspecified atom stereocenters. The molecule has 1 aromatic carbocycles. The molecule has 1 aromatic heterocycles. The number of nitrogens with one attached hydrogen (secondary N) is 1. The number of halogens is 6. The summed E-state index contributed by atoms with van der Waals surface area (Å²) < 4.78 is 102. The standard InChI is InChI=1S/C21H20F6N2O3S/c1-19(33(31,32)16-4-2-3-13(11-16)20(22,23)24)8-5-15(6-9-19)29-18(30)17-12-14(7-10-28-17)21(25,26)27/h2-4,7,10-12,15H,5-6,8-9H2,1H3,(H,29,30).